The number of aliphatic hydroxyl groups is 1. The zero-order valence-corrected chi connectivity index (χ0v) is 9.23. The summed E-state index contributed by atoms with van der Waals surface area (Å²) in [5.41, 5.74) is 1.27. The van der Waals surface area contributed by atoms with Gasteiger partial charge in [0.1, 0.15) is 3.70 Å². The Kier molecular flexibility index (Phi) is 1.71. The van der Waals surface area contributed by atoms with Crippen molar-refractivity contribution in [2.75, 3.05) is 0 Å². The highest BCUT2D eigenvalue weighted by atomic mass is 127. The highest BCUT2D eigenvalue weighted by Crippen LogP contribution is 2.62. The number of hydrogen-bond acceptors (Lipinski definition) is 2. The number of nitrogens with one attached hydrogen (secondary N) is 1. The first-order valence-electron chi connectivity index (χ1n) is 4.64. The van der Waals surface area contributed by atoms with Crippen LogP contribution in [-0.2, 0) is 0 Å². The van der Waals surface area contributed by atoms with Crippen LogP contribution in [0.25, 0.3) is 0 Å². The normalized spacial score (nSPS) is 42.0. The average Bonchev–Trinajstić information content (AvgIpc) is 2.50. The monoisotopic (exact) mass is 290 g/mol. The lowest BCUT2D eigenvalue weighted by molar-refractivity contribution is 0.165. The van der Waals surface area contributed by atoms with Crippen molar-refractivity contribution in [1.29, 1.82) is 0 Å². The van der Waals surface area contributed by atoms with Crippen LogP contribution in [0.4, 0.5) is 0 Å². The largest absolute Gasteiger partial charge is 0.393 e. The molecule has 2 saturated carbocycles. The molecule has 13 heavy (non-hydrogen) atoms. The molecule has 0 aliphatic heterocycles. The van der Waals surface area contributed by atoms with Gasteiger partial charge in [0.15, 0.2) is 0 Å². The molecule has 0 aromatic carbocycles. The van der Waals surface area contributed by atoms with Crippen LogP contribution in [-0.4, -0.2) is 21.4 Å². The zero-order chi connectivity index (χ0) is 9.00. The number of nitrogens with zero attached hydrogens (tertiary/aromatic N) is 1. The molecule has 0 saturated heterocycles. The maximum atomic E-state index is 9.37. The van der Waals surface area contributed by atoms with Gasteiger partial charge in [0.25, 0.3) is 0 Å². The Bertz CT molecular complexity index is 326. The first kappa shape index (κ1) is 8.23. The van der Waals surface area contributed by atoms with Gasteiger partial charge in [0.2, 0.25) is 0 Å². The van der Waals surface area contributed by atoms with Gasteiger partial charge in [-0.05, 0) is 53.3 Å². The van der Waals surface area contributed by atoms with Crippen molar-refractivity contribution in [3.63, 3.8) is 0 Å². The molecule has 2 N–H and O–H groups in total. The molecule has 70 valence electrons. The predicted molar refractivity (Wildman–Crippen MR) is 56.3 cm³/mol. The maximum Gasteiger partial charge on any atom is 0.123 e. The van der Waals surface area contributed by atoms with Gasteiger partial charge in [-0.15, -0.1) is 0 Å². The molecule has 2 unspecified atom stereocenters. The van der Waals surface area contributed by atoms with E-state index in [1.807, 2.05) is 0 Å². The molecule has 0 amide bonds. The number of aliphatic hydroxyl groups excluding tert-OH is 1. The Morgan fingerprint density at radius 3 is 2.69 bits per heavy atom. The first-order valence-corrected chi connectivity index (χ1v) is 5.72. The van der Waals surface area contributed by atoms with Gasteiger partial charge in [0, 0.05) is 11.6 Å². The van der Waals surface area contributed by atoms with E-state index in [1.165, 1.54) is 5.69 Å². The minimum absolute atomic E-state index is 0.0340. The third-order valence-corrected chi connectivity index (χ3v) is 3.90. The smallest absolute Gasteiger partial charge is 0.123 e. The fourth-order valence-corrected chi connectivity index (χ4v) is 3.21. The molecule has 2 aliphatic carbocycles. The minimum Gasteiger partial charge on any atom is -0.393 e. The maximum absolute atomic E-state index is 9.37. The molecule has 1 aromatic rings. The van der Waals surface area contributed by atoms with E-state index < -0.39 is 0 Å². The Morgan fingerprint density at radius 1 is 1.46 bits per heavy atom. The van der Waals surface area contributed by atoms with Crippen molar-refractivity contribution in [3.05, 3.63) is 15.5 Å². The second-order valence-corrected chi connectivity index (χ2v) is 5.23. The lowest BCUT2D eigenvalue weighted by Crippen LogP contribution is -2.04. The summed E-state index contributed by atoms with van der Waals surface area (Å²) in [6.45, 7) is 0. The van der Waals surface area contributed by atoms with E-state index in [-0.39, 0.29) is 6.10 Å². The molecular weight excluding hydrogens is 279 g/mol. The third-order valence-electron chi connectivity index (χ3n) is 3.35. The van der Waals surface area contributed by atoms with Crippen molar-refractivity contribution in [2.45, 2.75) is 24.9 Å². The van der Waals surface area contributed by atoms with Gasteiger partial charge >= 0.3 is 0 Å². The van der Waals surface area contributed by atoms with E-state index >= 15 is 0 Å². The molecule has 0 bridgehead atoms. The number of rotatable bonds is 1. The second-order valence-electron chi connectivity index (χ2n) is 4.12. The van der Waals surface area contributed by atoms with Crippen LogP contribution < -0.4 is 0 Å². The van der Waals surface area contributed by atoms with Gasteiger partial charge in [0.05, 0.1) is 6.10 Å². The Morgan fingerprint density at radius 2 is 2.15 bits per heavy atom. The highest BCUT2D eigenvalue weighted by Gasteiger charge is 2.56. The summed E-state index contributed by atoms with van der Waals surface area (Å²) in [5.74, 6) is 2.12. The van der Waals surface area contributed by atoms with Crippen LogP contribution in [0.1, 0.15) is 24.5 Å². The average molecular weight is 290 g/mol. The van der Waals surface area contributed by atoms with E-state index in [2.05, 4.69) is 38.9 Å². The van der Waals surface area contributed by atoms with Gasteiger partial charge in [-0.1, -0.05) is 0 Å². The molecule has 0 radical (unpaired) electrons. The fourth-order valence-electron chi connectivity index (χ4n) is 2.76. The second kappa shape index (κ2) is 2.70. The Balaban J connectivity index is 1.78. The summed E-state index contributed by atoms with van der Waals surface area (Å²) in [7, 11) is 0. The standard InChI is InChI=1S/C9H11IN2O/c10-8-3-7(11-12-8)9-5-1-4(13)2-6(5)9/h3-6,9,13H,1-2H2,(H,11,12)/t4?,5-,6+,9?. The summed E-state index contributed by atoms with van der Waals surface area (Å²) < 4.78 is 1.04. The third kappa shape index (κ3) is 1.22. The molecule has 1 heterocycles. The molecule has 2 fully saturated rings. The molecule has 1 aromatic heterocycles. The van der Waals surface area contributed by atoms with E-state index in [1.54, 1.807) is 0 Å². The summed E-state index contributed by atoms with van der Waals surface area (Å²) in [4.78, 5) is 0. The van der Waals surface area contributed by atoms with Crippen molar-refractivity contribution in [3.8, 4) is 0 Å². The number of fused-ring (bicyclic) bond motifs is 1. The van der Waals surface area contributed by atoms with Crippen molar-refractivity contribution in [2.24, 2.45) is 11.8 Å². The van der Waals surface area contributed by atoms with Crippen molar-refractivity contribution >= 4 is 22.6 Å². The lowest BCUT2D eigenvalue weighted by Gasteiger charge is -2.05. The Labute approximate surface area is 90.1 Å². The quantitative estimate of drug-likeness (QED) is 0.770. The fraction of sp³-hybridized carbons (Fsp3) is 0.667. The van der Waals surface area contributed by atoms with Gasteiger partial charge in [-0.25, -0.2) is 0 Å². The van der Waals surface area contributed by atoms with Crippen LogP contribution in [0, 0.1) is 15.5 Å². The van der Waals surface area contributed by atoms with E-state index in [4.69, 9.17) is 0 Å². The van der Waals surface area contributed by atoms with Crippen molar-refractivity contribution in [1.82, 2.24) is 10.2 Å². The first-order chi connectivity index (χ1) is 6.25. The number of hydrogen-bond donors (Lipinski definition) is 2. The van der Waals surface area contributed by atoms with Gasteiger partial charge < -0.3 is 5.11 Å². The topological polar surface area (TPSA) is 48.9 Å². The summed E-state index contributed by atoms with van der Waals surface area (Å²) >= 11 is 2.22. The lowest BCUT2D eigenvalue weighted by atomic mass is 10.1. The number of H-pyrrole nitrogens is 1. The van der Waals surface area contributed by atoms with Gasteiger partial charge in [-0.3, -0.25) is 5.10 Å². The van der Waals surface area contributed by atoms with Crippen LogP contribution >= 0.6 is 22.6 Å². The summed E-state index contributed by atoms with van der Waals surface area (Å²) in [5, 5.41) is 16.6. The SMILES string of the molecule is OC1C[C@@H]2C(c3cc(I)n[nH]3)[C@@H]2C1. The molecule has 4 heteroatoms. The van der Waals surface area contributed by atoms with Crippen LogP contribution in [0.2, 0.25) is 0 Å². The summed E-state index contributed by atoms with van der Waals surface area (Å²) in [6, 6.07) is 2.12. The zero-order valence-electron chi connectivity index (χ0n) is 7.07. The Hall–Kier alpha value is -0.100. The molecular formula is C9H11IN2O. The number of halogens is 1. The molecule has 4 atom stereocenters. The number of aromatic nitrogens is 2. The molecule has 2 aliphatic rings. The van der Waals surface area contributed by atoms with Gasteiger partial charge in [-0.2, -0.15) is 5.10 Å². The molecule has 3 rings (SSSR count). The van der Waals surface area contributed by atoms with Crippen molar-refractivity contribution < 1.29 is 5.11 Å². The summed E-state index contributed by atoms with van der Waals surface area (Å²) in [6.07, 6.45) is 1.95. The van der Waals surface area contributed by atoms with E-state index in [0.29, 0.717) is 5.92 Å². The molecule has 0 spiro atoms. The number of aromatic amines is 1. The molecule has 3 nitrogen and oxygen atoms in total. The van der Waals surface area contributed by atoms with E-state index in [0.717, 1.165) is 28.4 Å². The van der Waals surface area contributed by atoms with Crippen LogP contribution in [0.3, 0.4) is 0 Å². The van der Waals surface area contributed by atoms with Crippen LogP contribution in [0.5, 0.6) is 0 Å². The predicted octanol–water partition coefficient (Wildman–Crippen LogP) is 1.50. The minimum atomic E-state index is -0.0340. The highest BCUT2D eigenvalue weighted by molar-refractivity contribution is 14.1. The van der Waals surface area contributed by atoms with Crippen LogP contribution in [0.15, 0.2) is 6.07 Å². The van der Waals surface area contributed by atoms with E-state index in [9.17, 15) is 5.11 Å².